The van der Waals surface area contributed by atoms with Gasteiger partial charge >= 0.3 is 5.97 Å². The van der Waals surface area contributed by atoms with Gasteiger partial charge in [-0.05, 0) is 44.8 Å². The maximum absolute atomic E-state index is 11.9. The summed E-state index contributed by atoms with van der Waals surface area (Å²) in [5.41, 5.74) is -0.723. The molecule has 0 aromatic carbocycles. The molecule has 0 radical (unpaired) electrons. The standard InChI is InChI=1S/C13H20N2O3S/c1-5-6-7-18-12(17)13(3,4)14-11(16)10-8-9(2)19-15-10/h8H,5-7H2,1-4H3,(H,14,16). The monoisotopic (exact) mass is 284 g/mol. The number of hydrogen-bond acceptors (Lipinski definition) is 5. The Morgan fingerprint density at radius 2 is 2.16 bits per heavy atom. The summed E-state index contributed by atoms with van der Waals surface area (Å²) in [6, 6.07) is 1.69. The number of amides is 1. The highest BCUT2D eigenvalue weighted by molar-refractivity contribution is 7.05. The van der Waals surface area contributed by atoms with E-state index in [1.807, 2.05) is 13.8 Å². The number of carbonyl (C=O) groups is 2. The number of nitrogens with one attached hydrogen (secondary N) is 1. The Bertz CT molecular complexity index is 454. The second kappa shape index (κ2) is 6.65. The molecule has 0 aliphatic carbocycles. The lowest BCUT2D eigenvalue weighted by Crippen LogP contribution is -2.50. The largest absolute Gasteiger partial charge is 0.464 e. The van der Waals surface area contributed by atoms with E-state index in [2.05, 4.69) is 9.69 Å². The molecule has 1 N–H and O–H groups in total. The lowest BCUT2D eigenvalue weighted by molar-refractivity contribution is -0.150. The molecule has 0 saturated heterocycles. The SMILES string of the molecule is CCCCOC(=O)C(C)(C)NC(=O)c1cc(C)sn1. The fourth-order valence-electron chi connectivity index (χ4n) is 1.36. The van der Waals surface area contributed by atoms with Crippen molar-refractivity contribution in [3.63, 3.8) is 0 Å². The third-order valence-electron chi connectivity index (χ3n) is 2.53. The minimum absolute atomic E-state index is 0.330. The number of carbonyl (C=O) groups excluding carboxylic acids is 2. The number of aromatic nitrogens is 1. The van der Waals surface area contributed by atoms with Gasteiger partial charge in [-0.2, -0.15) is 4.37 Å². The molecule has 1 rings (SSSR count). The van der Waals surface area contributed by atoms with Crippen molar-refractivity contribution in [3.05, 3.63) is 16.6 Å². The summed E-state index contributed by atoms with van der Waals surface area (Å²) in [6.07, 6.45) is 1.78. The summed E-state index contributed by atoms with van der Waals surface area (Å²) in [6.45, 7) is 7.52. The molecular weight excluding hydrogens is 264 g/mol. The van der Waals surface area contributed by atoms with Crippen molar-refractivity contribution in [2.24, 2.45) is 0 Å². The predicted molar refractivity (Wildman–Crippen MR) is 74.3 cm³/mol. The van der Waals surface area contributed by atoms with E-state index in [-0.39, 0.29) is 5.91 Å². The van der Waals surface area contributed by atoms with Crippen LogP contribution in [0.1, 0.15) is 49.0 Å². The molecule has 106 valence electrons. The van der Waals surface area contributed by atoms with Crippen LogP contribution in [0.4, 0.5) is 0 Å². The number of ether oxygens (including phenoxy) is 1. The van der Waals surface area contributed by atoms with Crippen molar-refractivity contribution in [1.29, 1.82) is 0 Å². The maximum Gasteiger partial charge on any atom is 0.331 e. The van der Waals surface area contributed by atoms with E-state index in [4.69, 9.17) is 4.74 Å². The Morgan fingerprint density at radius 1 is 1.47 bits per heavy atom. The molecule has 19 heavy (non-hydrogen) atoms. The molecule has 0 spiro atoms. The van der Waals surface area contributed by atoms with Crippen molar-refractivity contribution >= 4 is 23.4 Å². The van der Waals surface area contributed by atoms with Gasteiger partial charge < -0.3 is 10.1 Å². The maximum atomic E-state index is 11.9. The Kier molecular flexibility index (Phi) is 5.47. The van der Waals surface area contributed by atoms with Crippen molar-refractivity contribution in [2.45, 2.75) is 46.1 Å². The van der Waals surface area contributed by atoms with E-state index in [1.165, 1.54) is 11.5 Å². The Balaban J connectivity index is 2.58. The summed E-state index contributed by atoms with van der Waals surface area (Å²) >= 11 is 1.26. The Morgan fingerprint density at radius 3 is 2.68 bits per heavy atom. The van der Waals surface area contributed by atoms with Crippen LogP contribution in [0, 0.1) is 6.92 Å². The Hall–Kier alpha value is -1.43. The van der Waals surface area contributed by atoms with Crippen molar-refractivity contribution < 1.29 is 14.3 Å². The highest BCUT2D eigenvalue weighted by Gasteiger charge is 2.32. The van der Waals surface area contributed by atoms with Crippen LogP contribution in [0.15, 0.2) is 6.07 Å². The molecule has 0 unspecified atom stereocenters. The van der Waals surface area contributed by atoms with E-state index < -0.39 is 11.5 Å². The summed E-state index contributed by atoms with van der Waals surface area (Å²) in [5.74, 6) is -0.789. The number of rotatable bonds is 6. The molecule has 0 bridgehead atoms. The molecule has 1 amide bonds. The average Bonchev–Trinajstić information content (AvgIpc) is 2.75. The van der Waals surface area contributed by atoms with Crippen molar-refractivity contribution in [3.8, 4) is 0 Å². The van der Waals surface area contributed by atoms with Gasteiger partial charge in [0.1, 0.15) is 11.2 Å². The van der Waals surface area contributed by atoms with Gasteiger partial charge in [-0.25, -0.2) is 4.79 Å². The summed E-state index contributed by atoms with van der Waals surface area (Å²) in [5, 5.41) is 2.64. The smallest absolute Gasteiger partial charge is 0.331 e. The van der Waals surface area contributed by atoms with Gasteiger partial charge in [0.25, 0.3) is 5.91 Å². The van der Waals surface area contributed by atoms with Crippen molar-refractivity contribution in [2.75, 3.05) is 6.61 Å². The molecule has 1 aromatic heterocycles. The molecule has 5 nitrogen and oxygen atoms in total. The van der Waals surface area contributed by atoms with Crippen LogP contribution in [0.2, 0.25) is 0 Å². The number of esters is 1. The molecule has 0 aliphatic rings. The quantitative estimate of drug-likeness (QED) is 0.643. The van der Waals surface area contributed by atoms with Crippen LogP contribution in [0.5, 0.6) is 0 Å². The van der Waals surface area contributed by atoms with E-state index in [1.54, 1.807) is 19.9 Å². The van der Waals surface area contributed by atoms with Gasteiger partial charge in [-0.15, -0.1) is 0 Å². The minimum Gasteiger partial charge on any atom is -0.464 e. The van der Waals surface area contributed by atoms with Crippen LogP contribution in [0.25, 0.3) is 0 Å². The molecule has 1 heterocycles. The molecule has 0 atom stereocenters. The lowest BCUT2D eigenvalue weighted by Gasteiger charge is -2.23. The van der Waals surface area contributed by atoms with Crippen LogP contribution < -0.4 is 5.32 Å². The number of nitrogens with zero attached hydrogens (tertiary/aromatic N) is 1. The predicted octanol–water partition coefficient (Wildman–Crippen LogP) is 2.30. The van der Waals surface area contributed by atoms with Crippen LogP contribution in [-0.2, 0) is 9.53 Å². The van der Waals surface area contributed by atoms with Gasteiger partial charge in [0.05, 0.1) is 6.61 Å². The molecule has 6 heteroatoms. The second-order valence-electron chi connectivity index (χ2n) is 4.89. The first-order valence-electron chi connectivity index (χ1n) is 6.30. The molecular formula is C13H20N2O3S. The van der Waals surface area contributed by atoms with Gasteiger partial charge in [0.2, 0.25) is 0 Å². The van der Waals surface area contributed by atoms with Crippen LogP contribution in [0.3, 0.4) is 0 Å². The normalized spacial score (nSPS) is 11.2. The fourth-order valence-corrected chi connectivity index (χ4v) is 1.90. The first kappa shape index (κ1) is 15.6. The minimum atomic E-state index is -1.05. The average molecular weight is 284 g/mol. The third kappa shape index (κ3) is 4.63. The molecule has 0 aliphatic heterocycles. The highest BCUT2D eigenvalue weighted by Crippen LogP contribution is 2.11. The number of aryl methyl sites for hydroxylation is 1. The van der Waals surface area contributed by atoms with Gasteiger partial charge in [0.15, 0.2) is 0 Å². The van der Waals surface area contributed by atoms with E-state index in [0.29, 0.717) is 12.3 Å². The molecule has 1 aromatic rings. The molecule has 0 fully saturated rings. The molecule has 0 saturated carbocycles. The van der Waals surface area contributed by atoms with Crippen molar-refractivity contribution in [1.82, 2.24) is 9.69 Å². The zero-order valence-corrected chi connectivity index (χ0v) is 12.6. The lowest BCUT2D eigenvalue weighted by atomic mass is 10.1. The van der Waals surface area contributed by atoms with E-state index in [9.17, 15) is 9.59 Å². The zero-order chi connectivity index (χ0) is 14.5. The van der Waals surface area contributed by atoms with Gasteiger partial charge in [0, 0.05) is 4.88 Å². The van der Waals surface area contributed by atoms with Gasteiger partial charge in [-0.3, -0.25) is 4.79 Å². The zero-order valence-electron chi connectivity index (χ0n) is 11.8. The number of hydrogen-bond donors (Lipinski definition) is 1. The van der Waals surface area contributed by atoms with Crippen LogP contribution in [-0.4, -0.2) is 28.4 Å². The second-order valence-corrected chi connectivity index (χ2v) is 5.90. The summed E-state index contributed by atoms with van der Waals surface area (Å²) in [7, 11) is 0. The number of unbranched alkanes of at least 4 members (excludes halogenated alkanes) is 1. The Labute approximate surface area is 117 Å². The first-order valence-corrected chi connectivity index (χ1v) is 7.07. The topological polar surface area (TPSA) is 68.3 Å². The fraction of sp³-hybridized carbons (Fsp3) is 0.615. The van der Waals surface area contributed by atoms with E-state index >= 15 is 0 Å². The highest BCUT2D eigenvalue weighted by atomic mass is 32.1. The first-order chi connectivity index (χ1) is 8.86. The summed E-state index contributed by atoms with van der Waals surface area (Å²) in [4.78, 5) is 24.7. The summed E-state index contributed by atoms with van der Waals surface area (Å²) < 4.78 is 9.13. The third-order valence-corrected chi connectivity index (χ3v) is 3.22. The van der Waals surface area contributed by atoms with Crippen LogP contribution >= 0.6 is 11.5 Å². The van der Waals surface area contributed by atoms with Gasteiger partial charge in [-0.1, -0.05) is 13.3 Å². The van der Waals surface area contributed by atoms with E-state index in [0.717, 1.165) is 17.7 Å².